The maximum absolute atomic E-state index is 6.53. The van der Waals surface area contributed by atoms with Gasteiger partial charge < -0.3 is 4.74 Å². The normalized spacial score (nSPS) is 11.2. The van der Waals surface area contributed by atoms with E-state index in [-0.39, 0.29) is 0 Å². The van der Waals surface area contributed by atoms with E-state index >= 15 is 0 Å². The summed E-state index contributed by atoms with van der Waals surface area (Å²) in [6.45, 7) is 4.17. The fourth-order valence-corrected chi connectivity index (χ4v) is 2.56. The minimum atomic E-state index is 0.738. The molecule has 0 atom stereocenters. The fourth-order valence-electron chi connectivity index (χ4n) is 2.26. The Morgan fingerprint density at radius 1 is 0.947 bits per heavy atom. The molecule has 0 aliphatic carbocycles. The van der Waals surface area contributed by atoms with E-state index in [1.807, 2.05) is 18.2 Å². The lowest BCUT2D eigenvalue weighted by Gasteiger charge is -2.09. The second kappa shape index (κ2) is 4.39. The molecule has 96 valence electrons. The van der Waals surface area contributed by atoms with E-state index in [9.17, 15) is 0 Å². The van der Waals surface area contributed by atoms with Crippen molar-refractivity contribution < 1.29 is 4.74 Å². The summed E-state index contributed by atoms with van der Waals surface area (Å²) < 4.78 is 5.25. The van der Waals surface area contributed by atoms with Crippen molar-refractivity contribution in [3.63, 3.8) is 0 Å². The van der Waals surface area contributed by atoms with Crippen molar-refractivity contribution >= 4 is 33.4 Å². The maximum Gasteiger partial charge on any atom is 0.119 e. The minimum Gasteiger partial charge on any atom is -0.497 e. The monoisotopic (exact) mass is 271 g/mol. The first kappa shape index (κ1) is 12.2. The lowest BCUT2D eigenvalue weighted by molar-refractivity contribution is 0.415. The lowest BCUT2D eigenvalue weighted by Crippen LogP contribution is -1.90. The van der Waals surface area contributed by atoms with Crippen LogP contribution in [0, 0.1) is 13.8 Å². The molecule has 1 aromatic heterocycles. The molecular formula is C16H14ClNO. The predicted octanol–water partition coefficient (Wildman–Crippen LogP) is 4.67. The summed E-state index contributed by atoms with van der Waals surface area (Å²) >= 11 is 6.53. The molecular weight excluding hydrogens is 258 g/mol. The maximum atomic E-state index is 6.53. The van der Waals surface area contributed by atoms with Crippen LogP contribution in [0.1, 0.15) is 11.1 Å². The Morgan fingerprint density at radius 3 is 2.37 bits per heavy atom. The van der Waals surface area contributed by atoms with E-state index in [4.69, 9.17) is 16.3 Å². The van der Waals surface area contributed by atoms with Crippen LogP contribution in [0.25, 0.3) is 21.8 Å². The fraction of sp³-hybridized carbons (Fsp3) is 0.188. The first-order valence-corrected chi connectivity index (χ1v) is 6.52. The Balaban J connectivity index is 2.45. The standard InChI is InChI=1S/C16H14ClNO/c1-9-6-12-15(7-10(9)2)18-14-5-4-11(19-3)8-13(14)16(12)17/h4-8H,1-3H3. The molecule has 0 aliphatic heterocycles. The molecule has 3 heteroatoms. The molecule has 19 heavy (non-hydrogen) atoms. The van der Waals surface area contributed by atoms with Crippen LogP contribution < -0.4 is 4.74 Å². The third kappa shape index (κ3) is 1.92. The van der Waals surface area contributed by atoms with Crippen molar-refractivity contribution in [3.05, 3.63) is 46.5 Å². The largest absolute Gasteiger partial charge is 0.497 e. The highest BCUT2D eigenvalue weighted by Crippen LogP contribution is 2.33. The summed E-state index contributed by atoms with van der Waals surface area (Å²) in [5, 5.41) is 2.66. The molecule has 0 radical (unpaired) electrons. The van der Waals surface area contributed by atoms with Crippen LogP contribution in [0.3, 0.4) is 0 Å². The van der Waals surface area contributed by atoms with Gasteiger partial charge in [0.05, 0.1) is 23.2 Å². The highest BCUT2D eigenvalue weighted by molar-refractivity contribution is 6.40. The van der Waals surface area contributed by atoms with Gasteiger partial charge in [0, 0.05) is 10.8 Å². The average molecular weight is 272 g/mol. The van der Waals surface area contributed by atoms with Crippen LogP contribution in [0.2, 0.25) is 5.02 Å². The molecule has 0 fully saturated rings. The van der Waals surface area contributed by atoms with Crippen LogP contribution in [-0.4, -0.2) is 12.1 Å². The number of nitrogens with zero attached hydrogens (tertiary/aromatic N) is 1. The molecule has 0 N–H and O–H groups in total. The van der Waals surface area contributed by atoms with Gasteiger partial charge in [0.2, 0.25) is 0 Å². The van der Waals surface area contributed by atoms with E-state index < -0.39 is 0 Å². The van der Waals surface area contributed by atoms with Crippen molar-refractivity contribution in [2.24, 2.45) is 0 Å². The zero-order valence-electron chi connectivity index (χ0n) is 11.1. The smallest absolute Gasteiger partial charge is 0.119 e. The van der Waals surface area contributed by atoms with Crippen LogP contribution in [-0.2, 0) is 0 Å². The van der Waals surface area contributed by atoms with Gasteiger partial charge in [0.15, 0.2) is 0 Å². The number of aromatic nitrogens is 1. The number of hydrogen-bond donors (Lipinski definition) is 0. The summed E-state index contributed by atoms with van der Waals surface area (Å²) in [6.07, 6.45) is 0. The number of fused-ring (bicyclic) bond motifs is 2. The second-order valence-electron chi connectivity index (χ2n) is 4.76. The Hall–Kier alpha value is -1.80. The van der Waals surface area contributed by atoms with Crippen molar-refractivity contribution in [2.45, 2.75) is 13.8 Å². The van der Waals surface area contributed by atoms with Crippen molar-refractivity contribution in [3.8, 4) is 5.75 Å². The third-order valence-electron chi connectivity index (χ3n) is 3.53. The van der Waals surface area contributed by atoms with Gasteiger partial charge in [0.1, 0.15) is 5.75 Å². The number of hydrogen-bond acceptors (Lipinski definition) is 2. The van der Waals surface area contributed by atoms with E-state index in [1.165, 1.54) is 11.1 Å². The van der Waals surface area contributed by atoms with Gasteiger partial charge in [-0.25, -0.2) is 4.98 Å². The van der Waals surface area contributed by atoms with Gasteiger partial charge in [0.25, 0.3) is 0 Å². The minimum absolute atomic E-state index is 0.738. The molecule has 2 nitrogen and oxygen atoms in total. The second-order valence-corrected chi connectivity index (χ2v) is 5.14. The van der Waals surface area contributed by atoms with Crippen molar-refractivity contribution in [1.82, 2.24) is 4.98 Å². The summed E-state index contributed by atoms with van der Waals surface area (Å²) in [5.74, 6) is 0.791. The third-order valence-corrected chi connectivity index (χ3v) is 3.94. The van der Waals surface area contributed by atoms with Gasteiger partial charge >= 0.3 is 0 Å². The predicted molar refractivity (Wildman–Crippen MR) is 80.3 cm³/mol. The average Bonchev–Trinajstić information content (AvgIpc) is 2.41. The van der Waals surface area contributed by atoms with E-state index in [2.05, 4.69) is 31.0 Å². The summed E-state index contributed by atoms with van der Waals surface area (Å²) in [7, 11) is 1.65. The van der Waals surface area contributed by atoms with Crippen molar-refractivity contribution in [2.75, 3.05) is 7.11 Å². The van der Waals surface area contributed by atoms with E-state index in [0.29, 0.717) is 0 Å². The molecule has 0 saturated carbocycles. The quantitative estimate of drug-likeness (QED) is 0.600. The summed E-state index contributed by atoms with van der Waals surface area (Å²) in [6, 6.07) is 9.95. The number of ether oxygens (including phenoxy) is 1. The number of pyridine rings is 1. The van der Waals surface area contributed by atoms with Crippen LogP contribution in [0.5, 0.6) is 5.75 Å². The Labute approximate surface area is 117 Å². The van der Waals surface area contributed by atoms with Crippen LogP contribution in [0.4, 0.5) is 0 Å². The van der Waals surface area contributed by atoms with Gasteiger partial charge in [-0.2, -0.15) is 0 Å². The molecule has 0 unspecified atom stereocenters. The first-order chi connectivity index (χ1) is 9.10. The molecule has 0 amide bonds. The molecule has 1 heterocycles. The summed E-state index contributed by atoms with van der Waals surface area (Å²) in [5.41, 5.74) is 4.27. The molecule has 0 bridgehead atoms. The van der Waals surface area contributed by atoms with Gasteiger partial charge in [-0.05, 0) is 55.3 Å². The van der Waals surface area contributed by atoms with Crippen LogP contribution >= 0.6 is 11.6 Å². The Bertz CT molecular complexity index is 796. The molecule has 3 rings (SSSR count). The van der Waals surface area contributed by atoms with Gasteiger partial charge in [-0.3, -0.25) is 0 Å². The zero-order valence-corrected chi connectivity index (χ0v) is 11.9. The SMILES string of the molecule is COc1ccc2nc3cc(C)c(C)cc3c(Cl)c2c1. The molecule has 0 aliphatic rings. The molecule has 3 aromatic rings. The van der Waals surface area contributed by atoms with Crippen molar-refractivity contribution in [1.29, 1.82) is 0 Å². The molecule has 0 spiro atoms. The number of methoxy groups -OCH3 is 1. The number of halogens is 1. The van der Waals surface area contributed by atoms with E-state index in [0.717, 1.165) is 32.6 Å². The zero-order chi connectivity index (χ0) is 13.6. The summed E-state index contributed by atoms with van der Waals surface area (Å²) in [4.78, 5) is 4.68. The highest BCUT2D eigenvalue weighted by Gasteiger charge is 2.09. The molecule has 2 aromatic carbocycles. The van der Waals surface area contributed by atoms with E-state index in [1.54, 1.807) is 7.11 Å². The Morgan fingerprint density at radius 2 is 1.63 bits per heavy atom. The molecule has 0 saturated heterocycles. The van der Waals surface area contributed by atoms with Gasteiger partial charge in [-0.1, -0.05) is 11.6 Å². The highest BCUT2D eigenvalue weighted by atomic mass is 35.5. The topological polar surface area (TPSA) is 22.1 Å². The number of benzene rings is 2. The first-order valence-electron chi connectivity index (χ1n) is 6.14. The Kier molecular flexibility index (Phi) is 2.83. The number of rotatable bonds is 1. The lowest BCUT2D eigenvalue weighted by atomic mass is 10.0. The number of aryl methyl sites for hydroxylation is 2. The van der Waals surface area contributed by atoms with Crippen LogP contribution in [0.15, 0.2) is 30.3 Å². The van der Waals surface area contributed by atoms with Gasteiger partial charge in [-0.15, -0.1) is 0 Å².